The van der Waals surface area contributed by atoms with Crippen LogP contribution >= 0.6 is 8.58 Å². The van der Waals surface area contributed by atoms with Gasteiger partial charge in [-0.2, -0.15) is 13.2 Å². The molecule has 0 aromatic heterocycles. The predicted molar refractivity (Wildman–Crippen MR) is 113 cm³/mol. The zero-order valence-corrected chi connectivity index (χ0v) is 18.7. The van der Waals surface area contributed by atoms with Crippen molar-refractivity contribution in [1.82, 2.24) is 0 Å². The van der Waals surface area contributed by atoms with Crippen LogP contribution in [0.3, 0.4) is 0 Å². The van der Waals surface area contributed by atoms with Crippen LogP contribution < -0.4 is 5.30 Å². The van der Waals surface area contributed by atoms with E-state index in [4.69, 9.17) is 0 Å². The van der Waals surface area contributed by atoms with Gasteiger partial charge in [-0.1, -0.05) is 67.5 Å². The Kier molecular flexibility index (Phi) is 6.26. The molecule has 2 rings (SSSR count). The van der Waals surface area contributed by atoms with Crippen LogP contribution in [-0.2, 0) is 16.7 Å². The van der Waals surface area contributed by atoms with Gasteiger partial charge >= 0.3 is 6.18 Å². The van der Waals surface area contributed by atoms with Crippen molar-refractivity contribution in [2.24, 2.45) is 0 Å². The summed E-state index contributed by atoms with van der Waals surface area (Å²) in [6, 6.07) is 8.28. The summed E-state index contributed by atoms with van der Waals surface area (Å²) in [7, 11) is -0.110. The molecular weight excluding hydrogens is 380 g/mol. The highest BCUT2D eigenvalue weighted by Crippen LogP contribution is 2.50. The number of phenols is 1. The Morgan fingerprint density at radius 3 is 2.04 bits per heavy atom. The molecule has 2 aromatic rings. The monoisotopic (exact) mass is 410 g/mol. The van der Waals surface area contributed by atoms with E-state index in [-0.39, 0.29) is 19.7 Å². The quantitative estimate of drug-likeness (QED) is 0.541. The average molecular weight is 410 g/mol. The minimum Gasteiger partial charge on any atom is -0.507 e. The average Bonchev–Trinajstić information content (AvgIpc) is 2.56. The van der Waals surface area contributed by atoms with Crippen LogP contribution in [0.2, 0.25) is 0 Å². The van der Waals surface area contributed by atoms with E-state index in [2.05, 4.69) is 20.8 Å². The highest BCUT2D eigenvalue weighted by Gasteiger charge is 2.37. The fourth-order valence-electron chi connectivity index (χ4n) is 3.33. The second-order valence-electron chi connectivity index (χ2n) is 8.75. The Hall–Kier alpha value is -1.54. The number of hydrogen-bond acceptors (Lipinski definition) is 1. The molecule has 0 saturated carbocycles. The molecule has 0 radical (unpaired) electrons. The van der Waals surface area contributed by atoms with Crippen molar-refractivity contribution in [2.75, 3.05) is 0 Å². The lowest BCUT2D eigenvalue weighted by molar-refractivity contribution is -0.136. The van der Waals surface area contributed by atoms with Crippen molar-refractivity contribution >= 4 is 13.9 Å². The van der Waals surface area contributed by atoms with Crippen LogP contribution in [0, 0.1) is 13.8 Å². The number of halogens is 3. The molecule has 1 nitrogen and oxygen atoms in total. The molecule has 0 amide bonds. The van der Waals surface area contributed by atoms with Gasteiger partial charge in [0.15, 0.2) is 0 Å². The standard InChI is InChI=1S/C23H30F3OP/c1-8-22(7,18-13-16(21(4,5)6)12-15(3)19(18)27)28-20-14(2)10-9-11-17(20)23(24,25)26/h9-13,27-28H,8H2,1-7H3. The van der Waals surface area contributed by atoms with Crippen molar-refractivity contribution in [3.63, 3.8) is 0 Å². The second kappa shape index (κ2) is 7.71. The fraction of sp³-hybridized carbons (Fsp3) is 0.478. The largest absolute Gasteiger partial charge is 0.507 e. The van der Waals surface area contributed by atoms with Crippen molar-refractivity contribution < 1.29 is 18.3 Å². The first-order valence-electron chi connectivity index (χ1n) is 9.50. The first-order chi connectivity index (χ1) is 12.7. The van der Waals surface area contributed by atoms with E-state index >= 15 is 0 Å². The molecule has 0 fully saturated rings. The van der Waals surface area contributed by atoms with Crippen LogP contribution in [-0.4, -0.2) is 5.11 Å². The lowest BCUT2D eigenvalue weighted by atomic mass is 9.82. The molecule has 0 bridgehead atoms. The summed E-state index contributed by atoms with van der Waals surface area (Å²) in [5.74, 6) is 0.187. The lowest BCUT2D eigenvalue weighted by Gasteiger charge is -2.34. The normalized spacial score (nSPS) is 15.2. The summed E-state index contributed by atoms with van der Waals surface area (Å²) < 4.78 is 40.9. The molecule has 154 valence electrons. The highest BCUT2D eigenvalue weighted by atomic mass is 31.1. The summed E-state index contributed by atoms with van der Waals surface area (Å²) in [6.45, 7) is 13.8. The Morgan fingerprint density at radius 2 is 1.54 bits per heavy atom. The summed E-state index contributed by atoms with van der Waals surface area (Å²) in [5.41, 5.74) is 2.50. The van der Waals surface area contributed by atoms with Gasteiger partial charge in [0.2, 0.25) is 0 Å². The van der Waals surface area contributed by atoms with Crippen LogP contribution in [0.25, 0.3) is 0 Å². The van der Waals surface area contributed by atoms with Crippen molar-refractivity contribution in [3.8, 4) is 5.75 Å². The molecule has 5 heteroatoms. The molecule has 0 aliphatic carbocycles. The van der Waals surface area contributed by atoms with Gasteiger partial charge in [0, 0.05) is 10.7 Å². The van der Waals surface area contributed by atoms with Crippen molar-refractivity contribution in [2.45, 2.75) is 71.6 Å². The van der Waals surface area contributed by atoms with Crippen LogP contribution in [0.5, 0.6) is 5.75 Å². The number of benzene rings is 2. The molecule has 1 N–H and O–H groups in total. The second-order valence-corrected chi connectivity index (χ2v) is 10.6. The third-order valence-corrected chi connectivity index (χ3v) is 7.54. The first kappa shape index (κ1) is 22.7. The number of hydrogen-bond donors (Lipinski definition) is 1. The summed E-state index contributed by atoms with van der Waals surface area (Å²) in [6.07, 6.45) is -3.77. The maximum Gasteiger partial charge on any atom is 0.417 e. The smallest absolute Gasteiger partial charge is 0.417 e. The summed E-state index contributed by atoms with van der Waals surface area (Å²) in [5, 5.41) is 10.5. The van der Waals surface area contributed by atoms with Gasteiger partial charge in [-0.05, 0) is 53.7 Å². The van der Waals surface area contributed by atoms with Crippen LogP contribution in [0.1, 0.15) is 68.9 Å². The lowest BCUT2D eigenvalue weighted by Crippen LogP contribution is -2.25. The van der Waals surface area contributed by atoms with Crippen LogP contribution in [0.4, 0.5) is 13.2 Å². The predicted octanol–water partition coefficient (Wildman–Crippen LogP) is 6.95. The van der Waals surface area contributed by atoms with E-state index in [1.165, 1.54) is 6.07 Å². The molecule has 0 saturated heterocycles. The third-order valence-electron chi connectivity index (χ3n) is 5.45. The van der Waals surface area contributed by atoms with E-state index in [0.29, 0.717) is 17.3 Å². The zero-order valence-electron chi connectivity index (χ0n) is 17.7. The van der Waals surface area contributed by atoms with E-state index < -0.39 is 16.9 Å². The third kappa shape index (κ3) is 4.54. The molecule has 0 aliphatic rings. The SMILES string of the molecule is CCC(C)(Pc1c(C)cccc1C(F)(F)F)c1cc(C(C)(C)C)cc(C)c1O. The van der Waals surface area contributed by atoms with Crippen LogP contribution in [0.15, 0.2) is 30.3 Å². The molecule has 28 heavy (non-hydrogen) atoms. The van der Waals surface area contributed by atoms with Gasteiger partial charge in [-0.3, -0.25) is 0 Å². The van der Waals surface area contributed by atoms with Gasteiger partial charge in [-0.15, -0.1) is 0 Å². The van der Waals surface area contributed by atoms with E-state index in [9.17, 15) is 18.3 Å². The van der Waals surface area contributed by atoms with Crippen molar-refractivity contribution in [3.05, 3.63) is 58.1 Å². The summed E-state index contributed by atoms with van der Waals surface area (Å²) >= 11 is 0. The molecular formula is C23H30F3OP. The Morgan fingerprint density at radius 1 is 0.929 bits per heavy atom. The Balaban J connectivity index is 2.68. The maximum absolute atomic E-state index is 13.6. The number of alkyl halides is 3. The topological polar surface area (TPSA) is 20.2 Å². The molecule has 0 spiro atoms. The van der Waals surface area contributed by atoms with E-state index in [1.54, 1.807) is 13.0 Å². The summed E-state index contributed by atoms with van der Waals surface area (Å²) in [4.78, 5) is 0. The number of aromatic hydroxyl groups is 1. The number of aryl methyl sites for hydroxylation is 2. The molecule has 2 aromatic carbocycles. The van der Waals surface area contributed by atoms with Gasteiger partial charge in [0.1, 0.15) is 5.75 Å². The molecule has 0 heterocycles. The van der Waals surface area contributed by atoms with E-state index in [1.807, 2.05) is 32.9 Å². The number of rotatable bonds is 4. The molecule has 0 aliphatic heterocycles. The van der Waals surface area contributed by atoms with Crippen molar-refractivity contribution in [1.29, 1.82) is 0 Å². The fourth-order valence-corrected chi connectivity index (χ4v) is 5.02. The van der Waals surface area contributed by atoms with E-state index in [0.717, 1.165) is 22.8 Å². The molecule has 2 unspecified atom stereocenters. The van der Waals surface area contributed by atoms with Gasteiger partial charge < -0.3 is 5.11 Å². The minimum atomic E-state index is -4.39. The maximum atomic E-state index is 13.6. The van der Waals surface area contributed by atoms with Gasteiger partial charge in [0.25, 0.3) is 0 Å². The zero-order chi connectivity index (χ0) is 21.5. The highest BCUT2D eigenvalue weighted by molar-refractivity contribution is 7.48. The van der Waals surface area contributed by atoms with Gasteiger partial charge in [-0.25, -0.2) is 0 Å². The molecule has 2 atom stereocenters. The minimum absolute atomic E-state index is 0.110. The Bertz CT molecular complexity index is 865. The van der Waals surface area contributed by atoms with Gasteiger partial charge in [0.05, 0.1) is 5.56 Å². The Labute approximate surface area is 168 Å². The number of phenolic OH excluding ortho intramolecular Hbond substituents is 1. The first-order valence-corrected chi connectivity index (χ1v) is 10.5.